The third-order valence-corrected chi connectivity index (χ3v) is 5.69. The first-order valence-corrected chi connectivity index (χ1v) is 9.45. The van der Waals surface area contributed by atoms with E-state index in [4.69, 9.17) is 5.10 Å². The van der Waals surface area contributed by atoms with Crippen LogP contribution in [0.4, 0.5) is 5.82 Å². The minimum atomic E-state index is 1.02. The van der Waals surface area contributed by atoms with Crippen LogP contribution in [0, 0.1) is 20.8 Å². The van der Waals surface area contributed by atoms with Gasteiger partial charge in [-0.15, -0.1) is 11.3 Å². The zero-order valence-electron chi connectivity index (χ0n) is 14.5. The van der Waals surface area contributed by atoms with Crippen molar-refractivity contribution in [3.05, 3.63) is 51.9 Å². The van der Waals surface area contributed by atoms with Crippen molar-refractivity contribution in [1.29, 1.82) is 0 Å². The van der Waals surface area contributed by atoms with Gasteiger partial charge in [0.05, 0.1) is 10.6 Å². The highest BCUT2D eigenvalue weighted by Gasteiger charge is 2.23. The first-order chi connectivity index (χ1) is 11.6. The molecule has 1 aliphatic rings. The average molecular weight is 337 g/mol. The van der Waals surface area contributed by atoms with E-state index in [1.165, 1.54) is 50.8 Å². The van der Waals surface area contributed by atoms with Crippen LogP contribution in [-0.4, -0.2) is 16.3 Å². The summed E-state index contributed by atoms with van der Waals surface area (Å²) in [6.07, 6.45) is 3.53. The fourth-order valence-electron chi connectivity index (χ4n) is 3.48. The quantitative estimate of drug-likeness (QED) is 0.690. The monoisotopic (exact) mass is 337 g/mol. The molecule has 3 heterocycles. The lowest BCUT2D eigenvalue weighted by atomic mass is 10.1. The van der Waals surface area contributed by atoms with E-state index in [0.29, 0.717) is 0 Å². The van der Waals surface area contributed by atoms with E-state index in [1.54, 1.807) is 0 Å². The molecule has 0 amide bonds. The van der Waals surface area contributed by atoms with Crippen molar-refractivity contribution < 1.29 is 0 Å². The summed E-state index contributed by atoms with van der Waals surface area (Å²) in [5.74, 6) is 1.18. The lowest BCUT2D eigenvalue weighted by Gasteiger charge is -2.12. The summed E-state index contributed by atoms with van der Waals surface area (Å²) < 4.78 is 2.12. The molecule has 0 aliphatic carbocycles. The molecule has 3 nitrogen and oxygen atoms in total. The number of benzene rings is 1. The van der Waals surface area contributed by atoms with E-state index in [1.807, 2.05) is 11.3 Å². The van der Waals surface area contributed by atoms with Crippen LogP contribution >= 0.6 is 11.3 Å². The molecular weight excluding hydrogens is 314 g/mol. The lowest BCUT2D eigenvalue weighted by Crippen LogP contribution is -2.08. The molecule has 1 aliphatic heterocycles. The van der Waals surface area contributed by atoms with Gasteiger partial charge in [-0.1, -0.05) is 17.7 Å². The maximum atomic E-state index is 5.04. The molecule has 0 bridgehead atoms. The van der Waals surface area contributed by atoms with Crippen LogP contribution in [0.5, 0.6) is 0 Å². The number of fused-ring (bicyclic) bond motifs is 1. The smallest absolute Gasteiger partial charge is 0.133 e. The zero-order valence-corrected chi connectivity index (χ0v) is 15.3. The molecule has 0 saturated heterocycles. The van der Waals surface area contributed by atoms with E-state index in [9.17, 15) is 0 Å². The number of hydrogen-bond acceptors (Lipinski definition) is 3. The Morgan fingerprint density at radius 2 is 1.96 bits per heavy atom. The molecule has 0 fully saturated rings. The molecule has 0 spiro atoms. The Labute approximate surface area is 147 Å². The van der Waals surface area contributed by atoms with E-state index < -0.39 is 0 Å². The second-order valence-corrected chi connectivity index (χ2v) is 7.96. The first kappa shape index (κ1) is 15.5. The van der Waals surface area contributed by atoms with E-state index in [0.717, 1.165) is 18.7 Å². The van der Waals surface area contributed by atoms with Gasteiger partial charge in [-0.2, -0.15) is 5.10 Å². The summed E-state index contributed by atoms with van der Waals surface area (Å²) in [5.41, 5.74) is 6.24. The predicted molar refractivity (Wildman–Crippen MR) is 103 cm³/mol. The van der Waals surface area contributed by atoms with Gasteiger partial charge in [0.1, 0.15) is 11.5 Å². The number of thiophene rings is 1. The molecule has 124 valence electrons. The third-order valence-electron chi connectivity index (χ3n) is 4.68. The summed E-state index contributed by atoms with van der Waals surface area (Å²) in [4.78, 5) is 2.61. The molecule has 4 rings (SSSR count). The Morgan fingerprint density at radius 1 is 1.08 bits per heavy atom. The molecule has 1 N–H and O–H groups in total. The average Bonchev–Trinajstić information content (AvgIpc) is 3.03. The van der Waals surface area contributed by atoms with Gasteiger partial charge in [0.2, 0.25) is 0 Å². The Balaban J connectivity index is 1.92. The highest BCUT2D eigenvalue weighted by atomic mass is 32.1. The van der Waals surface area contributed by atoms with Gasteiger partial charge in [-0.3, -0.25) is 0 Å². The summed E-state index contributed by atoms with van der Waals surface area (Å²) in [6.45, 7) is 7.49. The molecular formula is C20H23N3S. The van der Waals surface area contributed by atoms with Crippen molar-refractivity contribution in [3.8, 4) is 16.3 Å². The van der Waals surface area contributed by atoms with Gasteiger partial charge in [0.15, 0.2) is 0 Å². The molecule has 0 unspecified atom stereocenters. The number of nitrogens with one attached hydrogen (secondary N) is 1. The minimum absolute atomic E-state index is 1.02. The minimum Gasteiger partial charge on any atom is -0.370 e. The van der Waals surface area contributed by atoms with Gasteiger partial charge in [0, 0.05) is 17.0 Å². The number of anilines is 1. The number of aryl methyl sites for hydroxylation is 3. The zero-order chi connectivity index (χ0) is 16.7. The van der Waals surface area contributed by atoms with Crippen molar-refractivity contribution in [2.75, 3.05) is 11.9 Å². The van der Waals surface area contributed by atoms with Crippen molar-refractivity contribution in [3.63, 3.8) is 0 Å². The van der Waals surface area contributed by atoms with Crippen LogP contribution in [0.2, 0.25) is 0 Å². The second-order valence-electron chi connectivity index (χ2n) is 6.67. The maximum Gasteiger partial charge on any atom is 0.133 e. The normalized spacial score (nSPS) is 14.1. The maximum absolute atomic E-state index is 5.04. The number of hydrogen-bond donors (Lipinski definition) is 1. The highest BCUT2D eigenvalue weighted by molar-refractivity contribution is 7.15. The molecule has 1 aromatic carbocycles. The second kappa shape index (κ2) is 6.10. The van der Waals surface area contributed by atoms with Gasteiger partial charge >= 0.3 is 0 Å². The largest absolute Gasteiger partial charge is 0.370 e. The Hall–Kier alpha value is -2.07. The van der Waals surface area contributed by atoms with Crippen molar-refractivity contribution in [1.82, 2.24) is 9.78 Å². The van der Waals surface area contributed by atoms with Crippen molar-refractivity contribution in [2.45, 2.75) is 40.0 Å². The lowest BCUT2D eigenvalue weighted by molar-refractivity contribution is 0.780. The van der Waals surface area contributed by atoms with E-state index in [2.05, 4.69) is 61.1 Å². The van der Waals surface area contributed by atoms with Crippen LogP contribution in [0.1, 0.15) is 34.4 Å². The van der Waals surface area contributed by atoms with Crippen LogP contribution < -0.4 is 5.32 Å². The van der Waals surface area contributed by atoms with E-state index >= 15 is 0 Å². The number of aromatic nitrogens is 2. The third kappa shape index (κ3) is 2.65. The van der Waals surface area contributed by atoms with E-state index in [-0.39, 0.29) is 0 Å². The summed E-state index contributed by atoms with van der Waals surface area (Å²) >= 11 is 1.83. The van der Waals surface area contributed by atoms with Gasteiger partial charge in [0.25, 0.3) is 0 Å². The molecule has 0 radical (unpaired) electrons. The number of nitrogens with zero attached hydrogens (tertiary/aromatic N) is 2. The topological polar surface area (TPSA) is 29.9 Å². The van der Waals surface area contributed by atoms with Gasteiger partial charge in [-0.05, 0) is 63.8 Å². The fourth-order valence-corrected chi connectivity index (χ4v) is 4.36. The van der Waals surface area contributed by atoms with Crippen molar-refractivity contribution in [2.24, 2.45) is 0 Å². The fraction of sp³-hybridized carbons (Fsp3) is 0.350. The Morgan fingerprint density at radius 3 is 2.71 bits per heavy atom. The van der Waals surface area contributed by atoms with Crippen molar-refractivity contribution >= 4 is 17.2 Å². The SMILES string of the molecule is Cc1ccc(-n2nc(-c3ccc(C)s3)c3c2NCCCC3)c(C)c1. The standard InChI is InChI=1S/C20H23N3S/c1-13-7-9-17(14(2)12-13)23-20-16(6-4-5-11-21-20)19(22-23)18-10-8-15(3)24-18/h7-10,12,21H,4-6,11H2,1-3H3. The highest BCUT2D eigenvalue weighted by Crippen LogP contribution is 2.37. The van der Waals surface area contributed by atoms with Gasteiger partial charge < -0.3 is 5.32 Å². The molecule has 0 saturated carbocycles. The molecule has 2 aromatic heterocycles. The summed E-state index contributed by atoms with van der Waals surface area (Å²) in [7, 11) is 0. The predicted octanol–water partition coefficient (Wildman–Crippen LogP) is 5.27. The van der Waals surface area contributed by atoms with Crippen LogP contribution in [0.3, 0.4) is 0 Å². The molecule has 0 atom stereocenters. The first-order valence-electron chi connectivity index (χ1n) is 8.63. The van der Waals surface area contributed by atoms with Crippen LogP contribution in [0.25, 0.3) is 16.3 Å². The van der Waals surface area contributed by atoms with Crippen LogP contribution in [0.15, 0.2) is 30.3 Å². The number of rotatable bonds is 2. The van der Waals surface area contributed by atoms with Crippen LogP contribution in [-0.2, 0) is 6.42 Å². The van der Waals surface area contributed by atoms with Gasteiger partial charge in [-0.25, -0.2) is 4.68 Å². The summed E-state index contributed by atoms with van der Waals surface area (Å²) in [6, 6.07) is 11.0. The molecule has 3 aromatic rings. The Bertz CT molecular complexity index is 888. The molecule has 24 heavy (non-hydrogen) atoms. The Kier molecular flexibility index (Phi) is 3.93. The summed E-state index contributed by atoms with van der Waals surface area (Å²) in [5, 5.41) is 8.68. The molecule has 4 heteroatoms.